The Hall–Kier alpha value is -2.73. The number of rotatable bonds is 9. The predicted molar refractivity (Wildman–Crippen MR) is 103 cm³/mol. The number of hydrogen-bond donors (Lipinski definition) is 2. The Morgan fingerprint density at radius 3 is 2.35 bits per heavy atom. The zero-order chi connectivity index (χ0) is 19.1. The highest BCUT2D eigenvalue weighted by Crippen LogP contribution is 2.26. The van der Waals surface area contributed by atoms with E-state index in [0.717, 1.165) is 13.1 Å². The number of anilines is 1. The molecular formula is C20H26N3O3+. The molecule has 0 spiro atoms. The summed E-state index contributed by atoms with van der Waals surface area (Å²) in [4.78, 5) is 23.9. The van der Waals surface area contributed by atoms with Gasteiger partial charge >= 0.3 is 0 Å². The first-order chi connectivity index (χ1) is 12.5. The summed E-state index contributed by atoms with van der Waals surface area (Å²) in [6.07, 6.45) is 0. The van der Waals surface area contributed by atoms with Crippen molar-refractivity contribution in [3.8, 4) is 0 Å². The topological polar surface area (TPSA) is 76.7 Å². The number of carbonyl (C=O) groups excluding carboxylic acids is 1. The highest BCUT2D eigenvalue weighted by Gasteiger charge is 2.23. The fraction of sp³-hybridized carbons (Fsp3) is 0.350. The van der Waals surface area contributed by atoms with Crippen molar-refractivity contribution in [1.82, 2.24) is 0 Å². The first-order valence-corrected chi connectivity index (χ1v) is 8.90. The summed E-state index contributed by atoms with van der Waals surface area (Å²) in [7, 11) is 0. The summed E-state index contributed by atoms with van der Waals surface area (Å²) in [5.41, 5.74) is 1.91. The molecule has 0 fully saturated rings. The van der Waals surface area contributed by atoms with Gasteiger partial charge in [0.1, 0.15) is 11.7 Å². The largest absolute Gasteiger partial charge is 0.373 e. The van der Waals surface area contributed by atoms with Gasteiger partial charge in [-0.2, -0.15) is 0 Å². The van der Waals surface area contributed by atoms with E-state index in [0.29, 0.717) is 17.8 Å². The Kier molecular flexibility index (Phi) is 6.86. The van der Waals surface area contributed by atoms with Gasteiger partial charge < -0.3 is 10.2 Å². The Morgan fingerprint density at radius 2 is 1.81 bits per heavy atom. The average Bonchev–Trinajstić information content (AvgIpc) is 2.65. The monoisotopic (exact) mass is 356 g/mol. The molecule has 2 aromatic carbocycles. The molecule has 138 valence electrons. The van der Waals surface area contributed by atoms with E-state index in [1.165, 1.54) is 23.5 Å². The summed E-state index contributed by atoms with van der Waals surface area (Å²) in [5, 5.41) is 14.6. The number of nitrogens with one attached hydrogen (secondary N) is 2. The average molecular weight is 356 g/mol. The lowest BCUT2D eigenvalue weighted by Gasteiger charge is -2.27. The second-order valence-corrected chi connectivity index (χ2v) is 6.25. The fourth-order valence-corrected chi connectivity index (χ4v) is 3.19. The SMILES string of the molecule is CC[NH+](CC)[C@@H](CNc1ccc(C(C)=O)cc1[N+](=O)[O-])c1ccccc1. The normalized spacial score (nSPS) is 12.0. The van der Waals surface area contributed by atoms with Crippen molar-refractivity contribution in [2.75, 3.05) is 25.0 Å². The van der Waals surface area contributed by atoms with Crippen LogP contribution in [0.4, 0.5) is 11.4 Å². The second kappa shape index (κ2) is 9.10. The van der Waals surface area contributed by atoms with E-state index >= 15 is 0 Å². The van der Waals surface area contributed by atoms with Gasteiger partial charge in [0.2, 0.25) is 0 Å². The van der Waals surface area contributed by atoms with Crippen molar-refractivity contribution < 1.29 is 14.6 Å². The lowest BCUT2D eigenvalue weighted by molar-refractivity contribution is -0.926. The number of likely N-dealkylation sites (N-methyl/N-ethyl adjacent to an activating group) is 1. The number of quaternary nitrogens is 1. The summed E-state index contributed by atoms with van der Waals surface area (Å²) >= 11 is 0. The summed E-state index contributed by atoms with van der Waals surface area (Å²) in [5.74, 6) is -0.186. The van der Waals surface area contributed by atoms with Crippen molar-refractivity contribution in [3.63, 3.8) is 0 Å². The molecule has 0 aliphatic rings. The van der Waals surface area contributed by atoms with E-state index in [9.17, 15) is 14.9 Å². The second-order valence-electron chi connectivity index (χ2n) is 6.25. The van der Waals surface area contributed by atoms with Crippen molar-refractivity contribution in [3.05, 3.63) is 69.8 Å². The maximum Gasteiger partial charge on any atom is 0.293 e. The maximum atomic E-state index is 11.5. The minimum absolute atomic E-state index is 0.0703. The van der Waals surface area contributed by atoms with Crippen molar-refractivity contribution in [2.24, 2.45) is 0 Å². The molecule has 0 saturated carbocycles. The Labute approximate surface area is 154 Å². The maximum absolute atomic E-state index is 11.5. The summed E-state index contributed by atoms with van der Waals surface area (Å²) < 4.78 is 0. The number of nitro groups is 1. The van der Waals surface area contributed by atoms with E-state index in [2.05, 4.69) is 31.3 Å². The number of ketones is 1. The first kappa shape index (κ1) is 19.6. The number of benzene rings is 2. The van der Waals surface area contributed by atoms with Crippen LogP contribution in [0.2, 0.25) is 0 Å². The van der Waals surface area contributed by atoms with E-state index in [1.54, 1.807) is 12.1 Å². The molecule has 0 radical (unpaired) electrons. The van der Waals surface area contributed by atoms with Crippen molar-refractivity contribution in [2.45, 2.75) is 26.8 Å². The molecule has 0 aliphatic heterocycles. The van der Waals surface area contributed by atoms with Gasteiger partial charge in [0, 0.05) is 17.2 Å². The van der Waals surface area contributed by atoms with Crippen LogP contribution >= 0.6 is 0 Å². The van der Waals surface area contributed by atoms with Gasteiger partial charge in [0.15, 0.2) is 5.78 Å². The number of carbonyl (C=O) groups is 1. The van der Waals surface area contributed by atoms with Gasteiger partial charge in [-0.1, -0.05) is 30.3 Å². The highest BCUT2D eigenvalue weighted by atomic mass is 16.6. The third-order valence-electron chi connectivity index (χ3n) is 4.70. The molecule has 0 amide bonds. The minimum Gasteiger partial charge on any atom is -0.373 e. The van der Waals surface area contributed by atoms with Crippen LogP contribution in [0.3, 0.4) is 0 Å². The minimum atomic E-state index is -0.448. The summed E-state index contributed by atoms with van der Waals surface area (Å²) in [6.45, 7) is 8.17. The van der Waals surface area contributed by atoms with Crippen LogP contribution in [0.15, 0.2) is 48.5 Å². The highest BCUT2D eigenvalue weighted by molar-refractivity contribution is 5.95. The Bertz CT molecular complexity index is 758. The van der Waals surface area contributed by atoms with Crippen LogP contribution < -0.4 is 10.2 Å². The van der Waals surface area contributed by atoms with Crippen LogP contribution in [0.1, 0.15) is 42.7 Å². The lowest BCUT2D eigenvalue weighted by Crippen LogP contribution is -3.12. The molecule has 2 aromatic rings. The molecule has 0 bridgehead atoms. The third kappa shape index (κ3) is 4.67. The van der Waals surface area contributed by atoms with Gasteiger partial charge in [0.05, 0.1) is 24.6 Å². The Balaban J connectivity index is 2.28. The molecule has 0 aromatic heterocycles. The molecule has 0 aliphatic carbocycles. The number of Topliss-reactive ketones (excluding diaryl/α,β-unsaturated/α-hetero) is 1. The molecule has 1 atom stereocenters. The standard InChI is InChI=1S/C20H25N3O3/c1-4-22(5-2)20(16-9-7-6-8-10-16)14-21-18-12-11-17(15(3)24)13-19(18)23(25)26/h6-13,20-21H,4-5,14H2,1-3H3/p+1/t20-/m0/s1. The molecule has 26 heavy (non-hydrogen) atoms. The number of nitro benzene ring substituents is 1. The van der Waals surface area contributed by atoms with Crippen LogP contribution in [0, 0.1) is 10.1 Å². The van der Waals surface area contributed by atoms with Crippen LogP contribution in [0.5, 0.6) is 0 Å². The fourth-order valence-electron chi connectivity index (χ4n) is 3.19. The van der Waals surface area contributed by atoms with Gasteiger partial charge in [-0.15, -0.1) is 0 Å². The lowest BCUT2D eigenvalue weighted by atomic mass is 10.0. The van der Waals surface area contributed by atoms with Crippen LogP contribution in [0.25, 0.3) is 0 Å². The van der Waals surface area contributed by atoms with E-state index in [-0.39, 0.29) is 17.5 Å². The predicted octanol–water partition coefficient (Wildman–Crippen LogP) is 2.88. The third-order valence-corrected chi connectivity index (χ3v) is 4.70. The molecular weight excluding hydrogens is 330 g/mol. The van der Waals surface area contributed by atoms with E-state index in [4.69, 9.17) is 0 Å². The van der Waals surface area contributed by atoms with Crippen LogP contribution in [-0.2, 0) is 0 Å². The Morgan fingerprint density at radius 1 is 1.15 bits per heavy atom. The van der Waals surface area contributed by atoms with Gasteiger partial charge in [-0.25, -0.2) is 0 Å². The first-order valence-electron chi connectivity index (χ1n) is 8.90. The zero-order valence-electron chi connectivity index (χ0n) is 15.5. The van der Waals surface area contributed by atoms with Crippen molar-refractivity contribution >= 4 is 17.2 Å². The molecule has 6 heteroatoms. The van der Waals surface area contributed by atoms with Crippen molar-refractivity contribution in [1.29, 1.82) is 0 Å². The molecule has 2 rings (SSSR count). The van der Waals surface area contributed by atoms with Crippen LogP contribution in [-0.4, -0.2) is 30.3 Å². The van der Waals surface area contributed by atoms with Gasteiger partial charge in [-0.3, -0.25) is 14.9 Å². The molecule has 0 saturated heterocycles. The summed E-state index contributed by atoms with van der Waals surface area (Å²) in [6, 6.07) is 14.9. The smallest absolute Gasteiger partial charge is 0.293 e. The molecule has 6 nitrogen and oxygen atoms in total. The molecule has 0 unspecified atom stereocenters. The van der Waals surface area contributed by atoms with Gasteiger partial charge in [0.25, 0.3) is 5.69 Å². The molecule has 0 heterocycles. The number of nitrogens with zero attached hydrogens (tertiary/aromatic N) is 1. The van der Waals surface area contributed by atoms with Gasteiger partial charge in [-0.05, 0) is 32.9 Å². The van der Waals surface area contributed by atoms with E-state index in [1.807, 2.05) is 18.2 Å². The number of hydrogen-bond acceptors (Lipinski definition) is 4. The quantitative estimate of drug-likeness (QED) is 0.411. The molecule has 2 N–H and O–H groups in total. The zero-order valence-corrected chi connectivity index (χ0v) is 15.5. The van der Waals surface area contributed by atoms with E-state index < -0.39 is 4.92 Å².